The third-order valence-corrected chi connectivity index (χ3v) is 8.26. The van der Waals surface area contributed by atoms with Crippen molar-refractivity contribution in [3.8, 4) is 0 Å². The highest BCUT2D eigenvalue weighted by molar-refractivity contribution is 6.00. The van der Waals surface area contributed by atoms with Crippen molar-refractivity contribution >= 4 is 11.8 Å². The highest BCUT2D eigenvalue weighted by atomic mass is 16.2. The van der Waals surface area contributed by atoms with E-state index in [0.29, 0.717) is 44.8 Å². The third-order valence-electron chi connectivity index (χ3n) is 8.26. The number of piperidine rings is 1. The maximum absolute atomic E-state index is 13.9. The molecule has 2 saturated heterocycles. The minimum absolute atomic E-state index is 0.00901. The lowest BCUT2D eigenvalue weighted by Gasteiger charge is -2.52. The van der Waals surface area contributed by atoms with E-state index in [-0.39, 0.29) is 17.9 Å². The third kappa shape index (κ3) is 4.87. The van der Waals surface area contributed by atoms with E-state index < -0.39 is 11.6 Å². The van der Waals surface area contributed by atoms with Crippen molar-refractivity contribution in [1.82, 2.24) is 25.3 Å². The van der Waals surface area contributed by atoms with Gasteiger partial charge in [0.25, 0.3) is 0 Å². The highest BCUT2D eigenvalue weighted by Gasteiger charge is 2.54. The van der Waals surface area contributed by atoms with Gasteiger partial charge in [0.15, 0.2) is 0 Å². The zero-order valence-electron chi connectivity index (χ0n) is 22.9. The lowest BCUT2D eigenvalue weighted by Crippen LogP contribution is -2.72. The lowest BCUT2D eigenvalue weighted by molar-refractivity contribution is -0.163. The van der Waals surface area contributed by atoms with Gasteiger partial charge in [-0.15, -0.1) is 0 Å². The van der Waals surface area contributed by atoms with Gasteiger partial charge in [0.2, 0.25) is 11.8 Å². The number of carbonyl (C=O) groups excluding carboxylic acids is 2. The van der Waals surface area contributed by atoms with E-state index >= 15 is 0 Å². The fraction of sp³-hybridized carbons (Fsp3) is 0.452. The first kappa shape index (κ1) is 26.2. The number of hydrogen-bond acceptors (Lipinski definition) is 4. The molecule has 2 fully saturated rings. The Hall–Kier alpha value is -3.45. The van der Waals surface area contributed by atoms with E-state index in [2.05, 4.69) is 65.5 Å². The van der Waals surface area contributed by atoms with Crippen LogP contribution in [0.1, 0.15) is 67.2 Å². The maximum atomic E-state index is 13.9. The van der Waals surface area contributed by atoms with Crippen molar-refractivity contribution < 1.29 is 9.59 Å². The van der Waals surface area contributed by atoms with E-state index in [1.165, 1.54) is 11.1 Å². The number of benzene rings is 2. The van der Waals surface area contributed by atoms with Crippen LogP contribution in [0, 0.1) is 19.8 Å². The minimum Gasteiger partial charge on any atom is -0.342 e. The van der Waals surface area contributed by atoms with Gasteiger partial charge in [0, 0.05) is 30.9 Å². The molecule has 200 valence electrons. The molecule has 3 heterocycles. The minimum atomic E-state index is -0.849. The molecule has 7 nitrogen and oxygen atoms in total. The number of nitrogens with one attached hydrogen (secondary N) is 2. The smallest absolute Gasteiger partial charge is 0.246 e. The molecule has 2 N–H and O–H groups in total. The lowest BCUT2D eigenvalue weighted by atomic mass is 9.79. The van der Waals surface area contributed by atoms with Crippen molar-refractivity contribution in [3.63, 3.8) is 0 Å². The molecule has 2 amide bonds. The topological polar surface area (TPSA) is 81.3 Å². The number of rotatable bonds is 7. The van der Waals surface area contributed by atoms with Crippen LogP contribution in [0.5, 0.6) is 0 Å². The van der Waals surface area contributed by atoms with Crippen molar-refractivity contribution in [2.75, 3.05) is 13.1 Å². The van der Waals surface area contributed by atoms with Gasteiger partial charge in [-0.3, -0.25) is 19.6 Å². The van der Waals surface area contributed by atoms with Gasteiger partial charge in [0.1, 0.15) is 11.6 Å². The fourth-order valence-electron chi connectivity index (χ4n) is 6.31. The number of aromatic nitrogens is 2. The first-order valence-electron chi connectivity index (χ1n) is 13.8. The van der Waals surface area contributed by atoms with Crippen LogP contribution in [0.4, 0.5) is 0 Å². The normalized spacial score (nSPS) is 20.7. The van der Waals surface area contributed by atoms with Gasteiger partial charge in [-0.05, 0) is 50.2 Å². The molecule has 0 radical (unpaired) electrons. The zero-order valence-corrected chi connectivity index (χ0v) is 22.9. The number of aryl methyl sites for hydroxylation is 2. The Kier molecular flexibility index (Phi) is 7.39. The summed E-state index contributed by atoms with van der Waals surface area (Å²) < 4.78 is 0. The second-order valence-electron chi connectivity index (χ2n) is 11.3. The number of amides is 2. The van der Waals surface area contributed by atoms with Gasteiger partial charge in [-0.2, -0.15) is 5.10 Å². The summed E-state index contributed by atoms with van der Waals surface area (Å²) in [5.41, 5.74) is 4.65. The Morgan fingerprint density at radius 2 is 1.61 bits per heavy atom. The number of H-pyrrole nitrogens is 1. The predicted octanol–water partition coefficient (Wildman–Crippen LogP) is 4.52. The highest BCUT2D eigenvalue weighted by Crippen LogP contribution is 2.40. The molecule has 38 heavy (non-hydrogen) atoms. The first-order chi connectivity index (χ1) is 18.3. The Labute approximate surface area is 225 Å². The quantitative estimate of drug-likeness (QED) is 0.487. The summed E-state index contributed by atoms with van der Waals surface area (Å²) in [6, 6.07) is 20.1. The average molecular weight is 514 g/mol. The molecule has 2 atom stereocenters. The molecule has 1 aromatic heterocycles. The Morgan fingerprint density at radius 1 is 0.974 bits per heavy atom. The molecule has 0 bridgehead atoms. The summed E-state index contributed by atoms with van der Waals surface area (Å²) in [6.07, 6.45) is 1.82. The van der Waals surface area contributed by atoms with E-state index in [1.807, 2.05) is 48.2 Å². The Morgan fingerprint density at radius 3 is 2.18 bits per heavy atom. The van der Waals surface area contributed by atoms with Crippen LogP contribution in [0.15, 0.2) is 60.7 Å². The second-order valence-corrected chi connectivity index (χ2v) is 11.3. The van der Waals surface area contributed by atoms with Gasteiger partial charge in [-0.1, -0.05) is 74.5 Å². The van der Waals surface area contributed by atoms with Crippen LogP contribution in [0.2, 0.25) is 0 Å². The summed E-state index contributed by atoms with van der Waals surface area (Å²) in [5.74, 6) is 0.341. The Bertz CT molecular complexity index is 1240. The molecule has 1 spiro atoms. The van der Waals surface area contributed by atoms with E-state index in [0.717, 1.165) is 17.0 Å². The standard InChI is InChI=1S/C31H39N5O2/c1-21(2)19-26-29(37)36(20-24-11-7-5-8-12-24)31(30(38)32-26)15-17-35(18-16-31)28(25-13-9-6-10-14-25)27-22(3)33-34-23(27)4/h5-14,21,26,28H,15-20H2,1-4H3,(H,32,38)(H,33,34). The van der Waals surface area contributed by atoms with E-state index in [9.17, 15) is 9.59 Å². The number of likely N-dealkylation sites (tertiary alicyclic amines) is 1. The molecule has 3 aromatic rings. The van der Waals surface area contributed by atoms with E-state index in [4.69, 9.17) is 0 Å². The molecule has 7 heteroatoms. The van der Waals surface area contributed by atoms with Crippen molar-refractivity contribution in [1.29, 1.82) is 0 Å². The van der Waals surface area contributed by atoms with Crippen LogP contribution >= 0.6 is 0 Å². The fourth-order valence-corrected chi connectivity index (χ4v) is 6.31. The number of aromatic amines is 1. The van der Waals surface area contributed by atoms with Crippen molar-refractivity contribution in [3.05, 3.63) is 88.7 Å². The summed E-state index contributed by atoms with van der Waals surface area (Å²) in [4.78, 5) is 32.1. The van der Waals surface area contributed by atoms with Crippen molar-refractivity contribution in [2.45, 2.75) is 71.1 Å². The molecule has 2 aliphatic rings. The second kappa shape index (κ2) is 10.7. The largest absolute Gasteiger partial charge is 0.342 e. The molecule has 2 aliphatic heterocycles. The van der Waals surface area contributed by atoms with Crippen LogP contribution in [-0.4, -0.2) is 56.5 Å². The number of piperazine rings is 1. The number of hydrogen-bond donors (Lipinski definition) is 2. The van der Waals surface area contributed by atoms with Gasteiger partial charge in [0.05, 0.1) is 11.7 Å². The van der Waals surface area contributed by atoms with Crippen LogP contribution in [0.25, 0.3) is 0 Å². The number of nitrogens with zero attached hydrogens (tertiary/aromatic N) is 3. The van der Waals surface area contributed by atoms with Crippen LogP contribution in [0.3, 0.4) is 0 Å². The average Bonchev–Trinajstić information content (AvgIpc) is 3.25. The molecule has 0 saturated carbocycles. The summed E-state index contributed by atoms with van der Waals surface area (Å²) >= 11 is 0. The molecule has 2 unspecified atom stereocenters. The summed E-state index contributed by atoms with van der Waals surface area (Å²) in [7, 11) is 0. The summed E-state index contributed by atoms with van der Waals surface area (Å²) in [5, 5.41) is 10.8. The van der Waals surface area contributed by atoms with Crippen LogP contribution in [-0.2, 0) is 16.1 Å². The van der Waals surface area contributed by atoms with E-state index in [1.54, 1.807) is 0 Å². The molecule has 5 rings (SSSR count). The summed E-state index contributed by atoms with van der Waals surface area (Å²) in [6.45, 7) is 10.1. The maximum Gasteiger partial charge on any atom is 0.246 e. The molecular weight excluding hydrogens is 474 g/mol. The van der Waals surface area contributed by atoms with Gasteiger partial charge in [-0.25, -0.2) is 0 Å². The van der Waals surface area contributed by atoms with Gasteiger partial charge < -0.3 is 10.2 Å². The monoisotopic (exact) mass is 513 g/mol. The predicted molar refractivity (Wildman–Crippen MR) is 148 cm³/mol. The molecule has 2 aromatic carbocycles. The Balaban J connectivity index is 1.46. The first-order valence-corrected chi connectivity index (χ1v) is 13.8. The SMILES string of the molecule is Cc1n[nH]c(C)c1C(c1ccccc1)N1CCC2(CC1)C(=O)NC(CC(C)C)C(=O)N2Cc1ccccc1. The van der Waals surface area contributed by atoms with Crippen LogP contribution < -0.4 is 5.32 Å². The number of carbonyl (C=O) groups is 2. The molecule has 0 aliphatic carbocycles. The van der Waals surface area contributed by atoms with Crippen molar-refractivity contribution in [2.24, 2.45) is 5.92 Å². The molecular formula is C31H39N5O2. The zero-order chi connectivity index (χ0) is 26.9. The van der Waals surface area contributed by atoms with Gasteiger partial charge >= 0.3 is 0 Å².